The molecule has 0 aliphatic rings. The highest BCUT2D eigenvalue weighted by Crippen LogP contribution is 2.20. The maximum atomic E-state index is 12.1. The summed E-state index contributed by atoms with van der Waals surface area (Å²) in [6.07, 6.45) is 0. The van der Waals surface area contributed by atoms with Crippen LogP contribution >= 0.6 is 11.8 Å². The van der Waals surface area contributed by atoms with Gasteiger partial charge in [-0.2, -0.15) is 0 Å². The van der Waals surface area contributed by atoms with Gasteiger partial charge in [0.1, 0.15) is 0 Å². The Bertz CT molecular complexity index is 832. The summed E-state index contributed by atoms with van der Waals surface area (Å²) in [5.41, 5.74) is 1.09. The third-order valence-corrected chi connectivity index (χ3v) is 4.58. The van der Waals surface area contributed by atoms with Crippen molar-refractivity contribution >= 4 is 28.4 Å². The van der Waals surface area contributed by atoms with E-state index in [0.29, 0.717) is 5.16 Å². The first-order valence-corrected chi connectivity index (χ1v) is 8.25. The quantitative estimate of drug-likeness (QED) is 0.728. The van der Waals surface area contributed by atoms with Crippen molar-refractivity contribution in [3.8, 4) is 0 Å². The molecule has 0 unspecified atom stereocenters. The molecule has 0 bridgehead atoms. The number of aryl methyl sites for hydroxylation is 1. The Morgan fingerprint density at radius 1 is 1.26 bits per heavy atom. The lowest BCUT2D eigenvalue weighted by atomic mass is 10.0. The first kappa shape index (κ1) is 15.5. The lowest BCUT2D eigenvalue weighted by molar-refractivity contribution is -0.119. The van der Waals surface area contributed by atoms with Crippen LogP contribution in [0.25, 0.3) is 10.8 Å². The van der Waals surface area contributed by atoms with Crippen LogP contribution in [-0.4, -0.2) is 31.9 Å². The first-order valence-electron chi connectivity index (χ1n) is 7.26. The number of carbonyl (C=O) groups is 1. The summed E-state index contributed by atoms with van der Waals surface area (Å²) in [5.74, 6) is 0.241. The van der Waals surface area contributed by atoms with E-state index in [4.69, 9.17) is 0 Å². The van der Waals surface area contributed by atoms with Gasteiger partial charge in [0.25, 0.3) is 0 Å². The van der Waals surface area contributed by atoms with E-state index in [0.717, 1.165) is 5.56 Å². The molecule has 0 fully saturated rings. The largest absolute Gasteiger partial charge is 0.349 e. The minimum Gasteiger partial charge on any atom is -0.349 e. The van der Waals surface area contributed by atoms with Crippen LogP contribution in [0.1, 0.15) is 18.5 Å². The number of rotatable bonds is 5. The Morgan fingerprint density at radius 2 is 2.04 bits per heavy atom. The number of amides is 1. The molecule has 23 heavy (non-hydrogen) atoms. The Labute approximate surface area is 138 Å². The molecule has 3 aromatic rings. The molecule has 0 radical (unpaired) electrons. The first-order chi connectivity index (χ1) is 11.1. The van der Waals surface area contributed by atoms with Gasteiger partial charge in [0, 0.05) is 7.05 Å². The molecule has 0 spiro atoms. The van der Waals surface area contributed by atoms with Crippen LogP contribution in [0, 0.1) is 0 Å². The molecule has 0 aliphatic heterocycles. The molecule has 0 aliphatic carbocycles. The molecule has 118 valence electrons. The number of carbonyl (C=O) groups excluding carboxylic acids is 1. The number of tetrazole rings is 1. The van der Waals surface area contributed by atoms with Crippen LogP contribution < -0.4 is 5.32 Å². The van der Waals surface area contributed by atoms with Crippen molar-refractivity contribution in [2.24, 2.45) is 7.05 Å². The number of hydrogen-bond donors (Lipinski definition) is 1. The van der Waals surface area contributed by atoms with E-state index in [1.165, 1.54) is 22.5 Å². The van der Waals surface area contributed by atoms with Crippen molar-refractivity contribution in [3.63, 3.8) is 0 Å². The third-order valence-electron chi connectivity index (χ3n) is 3.56. The van der Waals surface area contributed by atoms with Crippen LogP contribution in [0.3, 0.4) is 0 Å². The lowest BCUT2D eigenvalue weighted by Gasteiger charge is -2.15. The summed E-state index contributed by atoms with van der Waals surface area (Å²) in [5, 5.41) is 17.1. The van der Waals surface area contributed by atoms with Gasteiger partial charge in [-0.05, 0) is 39.8 Å². The van der Waals surface area contributed by atoms with E-state index >= 15 is 0 Å². The average molecular weight is 327 g/mol. The van der Waals surface area contributed by atoms with Crippen LogP contribution in [-0.2, 0) is 11.8 Å². The topological polar surface area (TPSA) is 72.7 Å². The van der Waals surface area contributed by atoms with E-state index in [-0.39, 0.29) is 17.7 Å². The lowest BCUT2D eigenvalue weighted by Crippen LogP contribution is -2.28. The van der Waals surface area contributed by atoms with Gasteiger partial charge in [0.05, 0.1) is 11.8 Å². The van der Waals surface area contributed by atoms with Gasteiger partial charge in [0.15, 0.2) is 0 Å². The molecular formula is C16H17N5OS. The molecule has 1 heterocycles. The van der Waals surface area contributed by atoms with Crippen molar-refractivity contribution in [2.45, 2.75) is 18.1 Å². The smallest absolute Gasteiger partial charge is 0.230 e. The molecule has 6 nitrogen and oxygen atoms in total. The molecular weight excluding hydrogens is 310 g/mol. The normalized spacial score (nSPS) is 12.3. The summed E-state index contributed by atoms with van der Waals surface area (Å²) < 4.78 is 1.55. The van der Waals surface area contributed by atoms with E-state index in [2.05, 4.69) is 45.1 Å². The molecule has 1 aromatic heterocycles. The monoisotopic (exact) mass is 327 g/mol. The minimum absolute atomic E-state index is 0.0429. The zero-order valence-corrected chi connectivity index (χ0v) is 13.7. The van der Waals surface area contributed by atoms with Crippen molar-refractivity contribution in [1.82, 2.24) is 25.5 Å². The average Bonchev–Trinajstić information content (AvgIpc) is 2.97. The SMILES string of the molecule is C[C@@H](NC(=O)CSc1nnnn1C)c1ccc2ccccc2c1. The fraction of sp³-hybridized carbons (Fsp3) is 0.250. The van der Waals surface area contributed by atoms with Gasteiger partial charge in [0.2, 0.25) is 11.1 Å². The number of thioether (sulfide) groups is 1. The van der Waals surface area contributed by atoms with Gasteiger partial charge in [-0.3, -0.25) is 4.79 Å². The van der Waals surface area contributed by atoms with E-state index in [9.17, 15) is 4.79 Å². The standard InChI is InChI=1S/C16H17N5OS/c1-11(13-8-7-12-5-3-4-6-14(12)9-13)17-15(22)10-23-16-18-19-20-21(16)2/h3-9,11H,10H2,1-2H3,(H,17,22)/t11-/m1/s1. The highest BCUT2D eigenvalue weighted by atomic mass is 32.2. The Kier molecular flexibility index (Phi) is 4.57. The van der Waals surface area contributed by atoms with Gasteiger partial charge < -0.3 is 5.32 Å². The fourth-order valence-corrected chi connectivity index (χ4v) is 2.98. The predicted molar refractivity (Wildman–Crippen MR) is 90.0 cm³/mol. The van der Waals surface area contributed by atoms with Crippen LogP contribution in [0.4, 0.5) is 0 Å². The molecule has 0 saturated carbocycles. The molecule has 0 saturated heterocycles. The Hall–Kier alpha value is -2.41. The molecule has 3 rings (SSSR count). The minimum atomic E-state index is -0.0506. The van der Waals surface area contributed by atoms with E-state index in [1.807, 2.05) is 25.1 Å². The number of hydrogen-bond acceptors (Lipinski definition) is 5. The summed E-state index contributed by atoms with van der Waals surface area (Å²) in [4.78, 5) is 12.1. The second kappa shape index (κ2) is 6.78. The van der Waals surface area contributed by atoms with Crippen LogP contribution in [0.2, 0.25) is 0 Å². The van der Waals surface area contributed by atoms with E-state index < -0.39 is 0 Å². The summed E-state index contributed by atoms with van der Waals surface area (Å²) in [7, 11) is 1.75. The number of nitrogens with one attached hydrogen (secondary N) is 1. The van der Waals surface area contributed by atoms with Crippen LogP contribution in [0.5, 0.6) is 0 Å². The number of nitrogens with zero attached hydrogens (tertiary/aromatic N) is 4. The highest BCUT2D eigenvalue weighted by Gasteiger charge is 2.12. The van der Waals surface area contributed by atoms with Gasteiger partial charge in [-0.25, -0.2) is 4.68 Å². The summed E-state index contributed by atoms with van der Waals surface area (Å²) >= 11 is 1.32. The van der Waals surface area contributed by atoms with Crippen molar-refractivity contribution in [1.29, 1.82) is 0 Å². The second-order valence-corrected chi connectivity index (χ2v) is 6.21. The van der Waals surface area contributed by atoms with Crippen LogP contribution in [0.15, 0.2) is 47.6 Å². The van der Waals surface area contributed by atoms with Crippen molar-refractivity contribution in [3.05, 3.63) is 48.0 Å². The number of benzene rings is 2. The highest BCUT2D eigenvalue weighted by molar-refractivity contribution is 7.99. The van der Waals surface area contributed by atoms with Gasteiger partial charge in [-0.15, -0.1) is 5.10 Å². The maximum Gasteiger partial charge on any atom is 0.230 e. The third kappa shape index (κ3) is 3.68. The molecule has 2 aromatic carbocycles. The Morgan fingerprint density at radius 3 is 2.78 bits per heavy atom. The maximum absolute atomic E-state index is 12.1. The van der Waals surface area contributed by atoms with Crippen molar-refractivity contribution < 1.29 is 4.79 Å². The van der Waals surface area contributed by atoms with Crippen molar-refractivity contribution in [2.75, 3.05) is 5.75 Å². The number of aromatic nitrogens is 4. The molecule has 7 heteroatoms. The molecule has 1 N–H and O–H groups in total. The second-order valence-electron chi connectivity index (χ2n) is 5.27. The zero-order chi connectivity index (χ0) is 16.2. The Balaban J connectivity index is 1.62. The summed E-state index contributed by atoms with van der Waals surface area (Å²) in [6, 6.07) is 14.4. The fourth-order valence-electron chi connectivity index (χ4n) is 2.32. The van der Waals surface area contributed by atoms with Gasteiger partial charge >= 0.3 is 0 Å². The van der Waals surface area contributed by atoms with E-state index in [1.54, 1.807) is 11.7 Å². The number of fused-ring (bicyclic) bond motifs is 1. The van der Waals surface area contributed by atoms with Gasteiger partial charge in [-0.1, -0.05) is 48.2 Å². The molecule has 1 amide bonds. The summed E-state index contributed by atoms with van der Waals surface area (Å²) in [6.45, 7) is 1.98. The predicted octanol–water partition coefficient (Wildman–Crippen LogP) is 2.33. The molecule has 1 atom stereocenters. The zero-order valence-electron chi connectivity index (χ0n) is 12.9.